The number of carbonyl (C=O) groups excluding carboxylic acids is 1. The molecule has 3 N–H and O–H groups in total. The summed E-state index contributed by atoms with van der Waals surface area (Å²) in [5.41, 5.74) is 8.45. The first-order valence-corrected chi connectivity index (χ1v) is 8.69. The maximum absolute atomic E-state index is 13.5. The molecule has 1 aliphatic rings. The van der Waals surface area contributed by atoms with Crippen LogP contribution in [0, 0.1) is 5.82 Å². The third-order valence-corrected chi connectivity index (χ3v) is 4.17. The van der Waals surface area contributed by atoms with E-state index in [1.807, 2.05) is 4.90 Å². The highest BCUT2D eigenvalue weighted by molar-refractivity contribution is 6.32. The Balaban J connectivity index is 1.64. The first-order valence-electron chi connectivity index (χ1n) is 8.32. The molecule has 10 heteroatoms. The standard InChI is InChI=1S/C17H18ClFN6O2/c18-15-11(16(23-17(20)22-15)25-7-3-4-8-25)9-21-24-14(26)10-27-13-6-2-1-5-12(13)19/h1-2,5-6,9H,3-4,7-8,10H2,(H,24,26)(H2,20,22,23)/b21-9+. The van der Waals surface area contributed by atoms with Crippen LogP contribution in [0.4, 0.5) is 16.2 Å². The number of halogens is 2. The molecule has 0 saturated carbocycles. The minimum atomic E-state index is -0.551. The molecule has 0 unspecified atom stereocenters. The monoisotopic (exact) mass is 392 g/mol. The van der Waals surface area contributed by atoms with Crippen molar-refractivity contribution in [2.24, 2.45) is 5.10 Å². The van der Waals surface area contributed by atoms with Gasteiger partial charge in [-0.3, -0.25) is 4.79 Å². The zero-order chi connectivity index (χ0) is 19.2. The van der Waals surface area contributed by atoms with Crippen LogP contribution >= 0.6 is 11.6 Å². The molecule has 27 heavy (non-hydrogen) atoms. The Labute approximate surface area is 160 Å². The van der Waals surface area contributed by atoms with Crippen molar-refractivity contribution in [1.29, 1.82) is 0 Å². The van der Waals surface area contributed by atoms with Crippen molar-refractivity contribution in [1.82, 2.24) is 15.4 Å². The lowest BCUT2D eigenvalue weighted by Gasteiger charge is -2.19. The van der Waals surface area contributed by atoms with E-state index in [0.29, 0.717) is 11.4 Å². The third kappa shape index (κ3) is 4.82. The highest BCUT2D eigenvalue weighted by atomic mass is 35.5. The number of ether oxygens (including phenoxy) is 1. The van der Waals surface area contributed by atoms with Crippen LogP contribution in [0.5, 0.6) is 5.75 Å². The van der Waals surface area contributed by atoms with E-state index in [-0.39, 0.29) is 23.5 Å². The minimum absolute atomic E-state index is 0.0112. The molecule has 2 heterocycles. The van der Waals surface area contributed by atoms with Crippen LogP contribution in [0.1, 0.15) is 18.4 Å². The highest BCUT2D eigenvalue weighted by Gasteiger charge is 2.20. The summed E-state index contributed by atoms with van der Waals surface area (Å²) < 4.78 is 18.6. The molecule has 0 radical (unpaired) electrons. The lowest BCUT2D eigenvalue weighted by molar-refractivity contribution is -0.123. The Morgan fingerprint density at radius 3 is 2.85 bits per heavy atom. The van der Waals surface area contributed by atoms with Gasteiger partial charge in [-0.1, -0.05) is 23.7 Å². The van der Waals surface area contributed by atoms with Gasteiger partial charge < -0.3 is 15.4 Å². The molecule has 1 fully saturated rings. The van der Waals surface area contributed by atoms with Crippen molar-refractivity contribution in [2.45, 2.75) is 12.8 Å². The van der Waals surface area contributed by atoms with E-state index < -0.39 is 11.7 Å². The number of carbonyl (C=O) groups is 1. The quantitative estimate of drug-likeness (QED) is 0.442. The second-order valence-corrected chi connectivity index (χ2v) is 6.17. The molecule has 142 valence electrons. The van der Waals surface area contributed by atoms with Gasteiger partial charge in [0.1, 0.15) is 11.0 Å². The number of rotatable bonds is 6. The van der Waals surface area contributed by atoms with Crippen LogP contribution in [-0.4, -0.2) is 41.8 Å². The maximum atomic E-state index is 13.5. The van der Waals surface area contributed by atoms with Crippen LogP contribution in [0.2, 0.25) is 5.15 Å². The first-order chi connectivity index (χ1) is 13.0. The number of hydrazone groups is 1. The molecule has 1 aromatic carbocycles. The Morgan fingerprint density at radius 1 is 1.37 bits per heavy atom. The number of hydrogen-bond acceptors (Lipinski definition) is 7. The fourth-order valence-corrected chi connectivity index (χ4v) is 2.85. The summed E-state index contributed by atoms with van der Waals surface area (Å²) in [5, 5.41) is 4.01. The number of anilines is 2. The van der Waals surface area contributed by atoms with E-state index in [1.54, 1.807) is 6.07 Å². The molecule has 3 rings (SSSR count). The van der Waals surface area contributed by atoms with Crippen molar-refractivity contribution in [3.63, 3.8) is 0 Å². The molecule has 8 nitrogen and oxygen atoms in total. The molecule has 1 aromatic heterocycles. The van der Waals surface area contributed by atoms with Gasteiger partial charge in [0.2, 0.25) is 5.95 Å². The predicted octanol–water partition coefficient (Wildman–Crippen LogP) is 1.98. The van der Waals surface area contributed by atoms with Crippen LogP contribution in [0.25, 0.3) is 0 Å². The molecule has 2 aromatic rings. The number of benzene rings is 1. The topological polar surface area (TPSA) is 106 Å². The Bertz CT molecular complexity index is 857. The zero-order valence-electron chi connectivity index (χ0n) is 14.4. The molecule has 0 spiro atoms. The summed E-state index contributed by atoms with van der Waals surface area (Å²) in [6.07, 6.45) is 3.45. The number of para-hydroxylation sites is 1. The van der Waals surface area contributed by atoms with Gasteiger partial charge in [0, 0.05) is 13.1 Å². The van der Waals surface area contributed by atoms with Gasteiger partial charge in [0.05, 0.1) is 11.8 Å². The Kier molecular flexibility index (Phi) is 6.02. The van der Waals surface area contributed by atoms with Crippen LogP contribution < -0.4 is 20.8 Å². The van der Waals surface area contributed by atoms with Gasteiger partial charge >= 0.3 is 0 Å². The van der Waals surface area contributed by atoms with Crippen LogP contribution in [0.3, 0.4) is 0 Å². The largest absolute Gasteiger partial charge is 0.481 e. The minimum Gasteiger partial charge on any atom is -0.481 e. The number of amides is 1. The van der Waals surface area contributed by atoms with Crippen molar-refractivity contribution < 1.29 is 13.9 Å². The van der Waals surface area contributed by atoms with Gasteiger partial charge in [-0.25, -0.2) is 14.8 Å². The third-order valence-electron chi connectivity index (χ3n) is 3.88. The maximum Gasteiger partial charge on any atom is 0.277 e. The Hall–Kier alpha value is -2.94. The summed E-state index contributed by atoms with van der Waals surface area (Å²) in [5.74, 6) is -0.463. The zero-order valence-corrected chi connectivity index (χ0v) is 15.1. The van der Waals surface area contributed by atoms with Gasteiger partial charge in [0.15, 0.2) is 18.2 Å². The molecule has 0 atom stereocenters. The molecular formula is C17H18ClFN6O2. The number of aromatic nitrogens is 2. The summed E-state index contributed by atoms with van der Waals surface area (Å²) in [6, 6.07) is 5.81. The predicted molar refractivity (Wildman–Crippen MR) is 101 cm³/mol. The first kappa shape index (κ1) is 18.8. The van der Waals surface area contributed by atoms with Gasteiger partial charge in [-0.05, 0) is 25.0 Å². The van der Waals surface area contributed by atoms with Crippen molar-refractivity contribution in [3.05, 3.63) is 40.8 Å². The van der Waals surface area contributed by atoms with E-state index in [9.17, 15) is 9.18 Å². The molecule has 0 aliphatic carbocycles. The van der Waals surface area contributed by atoms with E-state index in [4.69, 9.17) is 22.1 Å². The average Bonchev–Trinajstić information content (AvgIpc) is 3.17. The number of nitrogens with two attached hydrogens (primary N) is 1. The second-order valence-electron chi connectivity index (χ2n) is 5.82. The molecule has 0 bridgehead atoms. The highest BCUT2D eigenvalue weighted by Crippen LogP contribution is 2.26. The number of nitrogens with zero attached hydrogens (tertiary/aromatic N) is 4. The number of nitrogen functional groups attached to an aromatic ring is 1. The Morgan fingerprint density at radius 2 is 2.11 bits per heavy atom. The molecule has 1 aliphatic heterocycles. The summed E-state index contributed by atoms with van der Waals surface area (Å²) in [4.78, 5) is 22.0. The van der Waals surface area contributed by atoms with Gasteiger partial charge in [-0.2, -0.15) is 10.1 Å². The molecular weight excluding hydrogens is 375 g/mol. The fourth-order valence-electron chi connectivity index (χ4n) is 2.63. The van der Waals surface area contributed by atoms with E-state index >= 15 is 0 Å². The summed E-state index contributed by atoms with van der Waals surface area (Å²) in [6.45, 7) is 1.27. The van der Waals surface area contributed by atoms with Crippen molar-refractivity contribution in [2.75, 3.05) is 30.3 Å². The molecule has 1 saturated heterocycles. The van der Waals surface area contributed by atoms with Crippen molar-refractivity contribution >= 4 is 35.5 Å². The number of nitrogens with one attached hydrogen (secondary N) is 1. The summed E-state index contributed by atoms with van der Waals surface area (Å²) >= 11 is 6.16. The fraction of sp³-hybridized carbons (Fsp3) is 0.294. The van der Waals surface area contributed by atoms with Crippen molar-refractivity contribution in [3.8, 4) is 5.75 Å². The average molecular weight is 393 g/mol. The molecule has 1 amide bonds. The van der Waals surface area contributed by atoms with Gasteiger partial charge in [0.25, 0.3) is 5.91 Å². The number of hydrogen-bond donors (Lipinski definition) is 2. The van der Waals surface area contributed by atoms with Gasteiger partial charge in [-0.15, -0.1) is 0 Å². The smallest absolute Gasteiger partial charge is 0.277 e. The lowest BCUT2D eigenvalue weighted by atomic mass is 10.3. The second kappa shape index (κ2) is 8.63. The van der Waals surface area contributed by atoms with E-state index in [0.717, 1.165) is 25.9 Å². The summed E-state index contributed by atoms with van der Waals surface area (Å²) in [7, 11) is 0. The lowest BCUT2D eigenvalue weighted by Crippen LogP contribution is -2.25. The van der Waals surface area contributed by atoms with E-state index in [2.05, 4.69) is 20.5 Å². The normalized spacial score (nSPS) is 13.9. The van der Waals surface area contributed by atoms with E-state index in [1.165, 1.54) is 24.4 Å². The van der Waals surface area contributed by atoms with Crippen LogP contribution in [-0.2, 0) is 4.79 Å². The van der Waals surface area contributed by atoms with Crippen LogP contribution in [0.15, 0.2) is 29.4 Å². The SMILES string of the molecule is Nc1nc(Cl)c(/C=N/NC(=O)COc2ccccc2F)c(N2CCCC2)n1.